The van der Waals surface area contributed by atoms with E-state index in [-0.39, 0.29) is 6.54 Å². The van der Waals surface area contributed by atoms with Crippen molar-refractivity contribution in [2.75, 3.05) is 6.54 Å². The summed E-state index contributed by atoms with van der Waals surface area (Å²) in [7, 11) is 0. The van der Waals surface area contributed by atoms with Crippen LogP contribution in [0.5, 0.6) is 0 Å². The highest BCUT2D eigenvalue weighted by Gasteiger charge is 2.21. The molecule has 22 heavy (non-hydrogen) atoms. The fourth-order valence-corrected chi connectivity index (χ4v) is 1.72. The lowest BCUT2D eigenvalue weighted by Crippen LogP contribution is -2.49. The minimum absolute atomic E-state index is 0.289. The summed E-state index contributed by atoms with van der Waals surface area (Å²) in [5.41, 5.74) is -0.511. The van der Waals surface area contributed by atoms with Gasteiger partial charge in [-0.1, -0.05) is 0 Å². The van der Waals surface area contributed by atoms with E-state index < -0.39 is 28.9 Å². The smallest absolute Gasteiger partial charge is 0.407 e. The monoisotopic (exact) mass is 314 g/mol. The van der Waals surface area contributed by atoms with Gasteiger partial charge in [-0.25, -0.2) is 13.6 Å². The van der Waals surface area contributed by atoms with Crippen LogP contribution >= 0.6 is 0 Å². The Labute approximate surface area is 130 Å². The number of carbonyl (C=O) groups excluding carboxylic acids is 1. The molecule has 0 aliphatic carbocycles. The Morgan fingerprint density at radius 1 is 1.09 bits per heavy atom. The van der Waals surface area contributed by atoms with Crippen molar-refractivity contribution in [3.63, 3.8) is 0 Å². The largest absolute Gasteiger partial charge is 0.444 e. The SMILES string of the molecule is CC(C)(CNC(=O)OC(C)(C)C)NCc1cc(F)cc(F)c1. The van der Waals surface area contributed by atoms with E-state index in [0.29, 0.717) is 12.1 Å². The minimum Gasteiger partial charge on any atom is -0.444 e. The second kappa shape index (κ2) is 7.05. The first-order chi connectivity index (χ1) is 9.97. The second-order valence-electron chi connectivity index (χ2n) is 6.87. The second-order valence-corrected chi connectivity index (χ2v) is 6.87. The Morgan fingerprint density at radius 2 is 1.64 bits per heavy atom. The molecule has 1 aromatic carbocycles. The van der Waals surface area contributed by atoms with Gasteiger partial charge in [0.15, 0.2) is 0 Å². The molecule has 124 valence electrons. The number of hydrogen-bond acceptors (Lipinski definition) is 3. The van der Waals surface area contributed by atoms with Crippen LogP contribution in [-0.4, -0.2) is 23.8 Å². The van der Waals surface area contributed by atoms with E-state index in [1.54, 1.807) is 20.8 Å². The first kappa shape index (κ1) is 18.4. The third-order valence-corrected chi connectivity index (χ3v) is 2.77. The highest BCUT2D eigenvalue weighted by Crippen LogP contribution is 2.10. The molecule has 0 saturated carbocycles. The number of alkyl carbamates (subject to hydrolysis) is 1. The quantitative estimate of drug-likeness (QED) is 0.876. The Kier molecular flexibility index (Phi) is 5.88. The van der Waals surface area contributed by atoms with Gasteiger partial charge in [0.1, 0.15) is 17.2 Å². The maximum atomic E-state index is 13.1. The zero-order chi connectivity index (χ0) is 17.0. The fraction of sp³-hybridized carbons (Fsp3) is 0.562. The summed E-state index contributed by atoms with van der Waals surface area (Å²) < 4.78 is 31.4. The third kappa shape index (κ3) is 7.36. The molecule has 6 heteroatoms. The van der Waals surface area contributed by atoms with Gasteiger partial charge in [-0.15, -0.1) is 0 Å². The van der Waals surface area contributed by atoms with E-state index in [4.69, 9.17) is 4.74 Å². The number of halogens is 2. The first-order valence-electron chi connectivity index (χ1n) is 7.14. The lowest BCUT2D eigenvalue weighted by Gasteiger charge is -2.28. The predicted octanol–water partition coefficient (Wildman–Crippen LogP) is 3.36. The zero-order valence-electron chi connectivity index (χ0n) is 13.7. The molecular formula is C16H24F2N2O2. The maximum absolute atomic E-state index is 13.1. The molecule has 1 rings (SSSR count). The Balaban J connectivity index is 2.48. The summed E-state index contributed by atoms with van der Waals surface area (Å²) in [4.78, 5) is 11.6. The van der Waals surface area contributed by atoms with E-state index in [9.17, 15) is 13.6 Å². The molecule has 0 aliphatic heterocycles. The summed E-state index contributed by atoms with van der Waals surface area (Å²) in [5, 5.41) is 5.81. The Morgan fingerprint density at radius 3 is 2.14 bits per heavy atom. The molecule has 0 aromatic heterocycles. The molecule has 0 aliphatic rings. The van der Waals surface area contributed by atoms with E-state index in [1.807, 2.05) is 13.8 Å². The van der Waals surface area contributed by atoms with Crippen LogP contribution in [0.3, 0.4) is 0 Å². The van der Waals surface area contributed by atoms with Crippen molar-refractivity contribution in [3.8, 4) is 0 Å². The van der Waals surface area contributed by atoms with Crippen molar-refractivity contribution in [2.45, 2.75) is 52.3 Å². The van der Waals surface area contributed by atoms with Crippen LogP contribution in [0.25, 0.3) is 0 Å². The highest BCUT2D eigenvalue weighted by atomic mass is 19.1. The summed E-state index contributed by atoms with van der Waals surface area (Å²) in [6, 6.07) is 3.37. The predicted molar refractivity (Wildman–Crippen MR) is 81.5 cm³/mol. The molecule has 0 saturated heterocycles. The molecular weight excluding hydrogens is 290 g/mol. The minimum atomic E-state index is -0.610. The lowest BCUT2D eigenvalue weighted by atomic mass is 10.0. The standard InChI is InChI=1S/C16H24F2N2O2/c1-15(2,3)22-14(21)19-10-16(4,5)20-9-11-6-12(17)8-13(18)7-11/h6-8,20H,9-10H2,1-5H3,(H,19,21). The molecule has 2 N–H and O–H groups in total. The van der Waals surface area contributed by atoms with Gasteiger partial charge >= 0.3 is 6.09 Å². The first-order valence-corrected chi connectivity index (χ1v) is 7.14. The van der Waals surface area contributed by atoms with Crippen LogP contribution in [0.1, 0.15) is 40.2 Å². The van der Waals surface area contributed by atoms with E-state index in [1.165, 1.54) is 12.1 Å². The number of amides is 1. The summed E-state index contributed by atoms with van der Waals surface area (Å²) in [6.07, 6.45) is -0.501. The van der Waals surface area contributed by atoms with Crippen LogP contribution < -0.4 is 10.6 Å². The van der Waals surface area contributed by atoms with Gasteiger partial charge in [0.05, 0.1) is 0 Å². The number of benzene rings is 1. The highest BCUT2D eigenvalue weighted by molar-refractivity contribution is 5.67. The van der Waals surface area contributed by atoms with Crippen molar-refractivity contribution in [3.05, 3.63) is 35.4 Å². The molecule has 0 fully saturated rings. The molecule has 0 unspecified atom stereocenters. The number of rotatable bonds is 5. The number of ether oxygens (including phenoxy) is 1. The van der Waals surface area contributed by atoms with Gasteiger partial charge in [0, 0.05) is 24.7 Å². The Bertz CT molecular complexity index is 505. The van der Waals surface area contributed by atoms with Crippen LogP contribution in [0.4, 0.5) is 13.6 Å². The number of hydrogen-bond donors (Lipinski definition) is 2. The third-order valence-electron chi connectivity index (χ3n) is 2.77. The average molecular weight is 314 g/mol. The van der Waals surface area contributed by atoms with Gasteiger partial charge in [-0.3, -0.25) is 0 Å². The molecule has 0 bridgehead atoms. The summed E-state index contributed by atoms with van der Waals surface area (Å²) >= 11 is 0. The van der Waals surface area contributed by atoms with Crippen LogP contribution in [-0.2, 0) is 11.3 Å². The summed E-state index contributed by atoms with van der Waals surface area (Å²) in [6.45, 7) is 9.72. The molecule has 1 aromatic rings. The van der Waals surface area contributed by atoms with Crippen molar-refractivity contribution in [1.82, 2.24) is 10.6 Å². The fourth-order valence-electron chi connectivity index (χ4n) is 1.72. The van der Waals surface area contributed by atoms with E-state index in [0.717, 1.165) is 6.07 Å². The zero-order valence-corrected chi connectivity index (χ0v) is 13.7. The van der Waals surface area contributed by atoms with Crippen LogP contribution in [0.2, 0.25) is 0 Å². The lowest BCUT2D eigenvalue weighted by molar-refractivity contribution is 0.0513. The van der Waals surface area contributed by atoms with Crippen molar-refractivity contribution >= 4 is 6.09 Å². The van der Waals surface area contributed by atoms with Gasteiger partial charge in [0.25, 0.3) is 0 Å². The van der Waals surface area contributed by atoms with E-state index in [2.05, 4.69) is 10.6 Å². The van der Waals surface area contributed by atoms with Crippen molar-refractivity contribution in [1.29, 1.82) is 0 Å². The van der Waals surface area contributed by atoms with Gasteiger partial charge in [0.2, 0.25) is 0 Å². The van der Waals surface area contributed by atoms with Crippen LogP contribution in [0.15, 0.2) is 18.2 Å². The molecule has 4 nitrogen and oxygen atoms in total. The molecule has 1 amide bonds. The Hall–Kier alpha value is -1.69. The summed E-state index contributed by atoms with van der Waals surface area (Å²) in [5.74, 6) is -1.22. The van der Waals surface area contributed by atoms with Gasteiger partial charge < -0.3 is 15.4 Å². The molecule has 0 atom stereocenters. The normalized spacial score (nSPS) is 12.1. The van der Waals surface area contributed by atoms with Crippen LogP contribution in [0, 0.1) is 11.6 Å². The topological polar surface area (TPSA) is 50.4 Å². The average Bonchev–Trinajstić information content (AvgIpc) is 2.31. The van der Waals surface area contributed by atoms with Gasteiger partial charge in [-0.05, 0) is 52.3 Å². The maximum Gasteiger partial charge on any atom is 0.407 e. The van der Waals surface area contributed by atoms with E-state index >= 15 is 0 Å². The van der Waals surface area contributed by atoms with Crippen molar-refractivity contribution in [2.24, 2.45) is 0 Å². The van der Waals surface area contributed by atoms with Gasteiger partial charge in [-0.2, -0.15) is 0 Å². The number of carbonyl (C=O) groups is 1. The molecule has 0 heterocycles. The molecule has 0 spiro atoms. The number of nitrogens with one attached hydrogen (secondary N) is 2. The van der Waals surface area contributed by atoms with Crippen molar-refractivity contribution < 1.29 is 18.3 Å². The molecule has 0 radical (unpaired) electrons.